The lowest BCUT2D eigenvalue weighted by molar-refractivity contribution is 0.479. The van der Waals surface area contributed by atoms with Crippen LogP contribution in [0.3, 0.4) is 0 Å². The molecule has 0 aliphatic rings. The Morgan fingerprint density at radius 1 is 1.40 bits per heavy atom. The van der Waals surface area contributed by atoms with E-state index in [0.29, 0.717) is 0 Å². The van der Waals surface area contributed by atoms with Gasteiger partial charge >= 0.3 is 0 Å². The van der Waals surface area contributed by atoms with Crippen molar-refractivity contribution in [3.05, 3.63) is 48.5 Å². The van der Waals surface area contributed by atoms with Crippen molar-refractivity contribution < 1.29 is 4.42 Å². The Balaban J connectivity index is 1.77. The van der Waals surface area contributed by atoms with Crippen molar-refractivity contribution in [2.24, 2.45) is 7.05 Å². The van der Waals surface area contributed by atoms with E-state index in [9.17, 15) is 0 Å². The van der Waals surface area contributed by atoms with Gasteiger partial charge in [-0.3, -0.25) is 0 Å². The number of rotatable bonds is 5. The van der Waals surface area contributed by atoms with Crippen LogP contribution in [0.4, 0.5) is 0 Å². The summed E-state index contributed by atoms with van der Waals surface area (Å²) in [4.78, 5) is 4.33. The predicted octanol–water partition coefficient (Wildman–Crippen LogP) is 3.22. The fourth-order valence-corrected chi connectivity index (χ4v) is 3.18. The van der Waals surface area contributed by atoms with Crippen LogP contribution in [0.15, 0.2) is 52.3 Å². The minimum atomic E-state index is 0.170. The van der Waals surface area contributed by atoms with E-state index >= 15 is 0 Å². The molecule has 0 fully saturated rings. The maximum Gasteiger partial charge on any atom is 0.167 e. The summed E-state index contributed by atoms with van der Waals surface area (Å²) in [6.45, 7) is 0. The number of imidazole rings is 1. The first-order valence-corrected chi connectivity index (χ1v) is 7.52. The molecule has 0 bridgehead atoms. The van der Waals surface area contributed by atoms with Gasteiger partial charge in [0.25, 0.3) is 0 Å². The zero-order valence-electron chi connectivity index (χ0n) is 11.5. The zero-order valence-corrected chi connectivity index (χ0v) is 12.4. The summed E-state index contributed by atoms with van der Waals surface area (Å²) in [5.74, 6) is 1.84. The lowest BCUT2D eigenvalue weighted by Crippen LogP contribution is -2.18. The molecule has 104 valence electrons. The quantitative estimate of drug-likeness (QED) is 0.732. The van der Waals surface area contributed by atoms with Crippen molar-refractivity contribution in [3.8, 4) is 0 Å². The summed E-state index contributed by atoms with van der Waals surface area (Å²) in [7, 11) is 3.96. The maximum absolute atomic E-state index is 5.92. The van der Waals surface area contributed by atoms with E-state index in [1.165, 1.54) is 0 Å². The van der Waals surface area contributed by atoms with Gasteiger partial charge in [-0.05, 0) is 19.2 Å². The van der Waals surface area contributed by atoms with E-state index in [4.69, 9.17) is 4.42 Å². The second-order valence-corrected chi connectivity index (χ2v) is 5.65. The second-order valence-electron chi connectivity index (χ2n) is 4.66. The van der Waals surface area contributed by atoms with E-state index in [-0.39, 0.29) is 6.04 Å². The van der Waals surface area contributed by atoms with Crippen LogP contribution >= 0.6 is 11.8 Å². The monoisotopic (exact) mass is 287 g/mol. The fraction of sp³-hybridized carbons (Fsp3) is 0.267. The van der Waals surface area contributed by atoms with Gasteiger partial charge in [-0.25, -0.2) is 4.98 Å². The van der Waals surface area contributed by atoms with Gasteiger partial charge in [0, 0.05) is 30.6 Å². The molecule has 5 heteroatoms. The number of aromatic nitrogens is 2. The average molecular weight is 287 g/mol. The highest BCUT2D eigenvalue weighted by molar-refractivity contribution is 7.99. The van der Waals surface area contributed by atoms with Crippen molar-refractivity contribution in [2.75, 3.05) is 12.8 Å². The zero-order chi connectivity index (χ0) is 13.9. The molecule has 0 aliphatic heterocycles. The average Bonchev–Trinajstić information content (AvgIpc) is 3.06. The standard InChI is InChI=1S/C15H17N3OS/c1-16-12(10-20-15-17-7-8-18(15)2)14-9-11-5-3-4-6-13(11)19-14/h3-9,12,16H,10H2,1-2H3. The molecule has 4 nitrogen and oxygen atoms in total. The molecule has 0 saturated heterocycles. The molecule has 1 atom stereocenters. The van der Waals surface area contributed by atoms with Crippen molar-refractivity contribution in [1.29, 1.82) is 0 Å². The Bertz CT molecular complexity index is 671. The molecule has 1 N–H and O–H groups in total. The number of nitrogens with zero attached hydrogens (tertiary/aromatic N) is 2. The molecule has 2 aromatic heterocycles. The number of nitrogens with one attached hydrogen (secondary N) is 1. The number of thioether (sulfide) groups is 1. The van der Waals surface area contributed by atoms with Gasteiger partial charge in [0.1, 0.15) is 11.3 Å². The van der Waals surface area contributed by atoms with E-state index in [0.717, 1.165) is 27.6 Å². The van der Waals surface area contributed by atoms with Crippen LogP contribution in [0.1, 0.15) is 11.8 Å². The minimum absolute atomic E-state index is 0.170. The molecule has 0 spiro atoms. The topological polar surface area (TPSA) is 43.0 Å². The highest BCUT2D eigenvalue weighted by Gasteiger charge is 2.15. The molecule has 3 aromatic rings. The van der Waals surface area contributed by atoms with Gasteiger partial charge in [0.05, 0.1) is 6.04 Å². The van der Waals surface area contributed by atoms with Gasteiger partial charge in [-0.1, -0.05) is 30.0 Å². The number of benzene rings is 1. The van der Waals surface area contributed by atoms with Gasteiger partial charge in [-0.15, -0.1) is 0 Å². The smallest absolute Gasteiger partial charge is 0.167 e. The largest absolute Gasteiger partial charge is 0.459 e. The van der Waals surface area contributed by atoms with Crippen molar-refractivity contribution in [2.45, 2.75) is 11.2 Å². The van der Waals surface area contributed by atoms with Gasteiger partial charge < -0.3 is 14.3 Å². The molecular formula is C15H17N3OS. The lowest BCUT2D eigenvalue weighted by Gasteiger charge is -2.12. The maximum atomic E-state index is 5.92. The van der Waals surface area contributed by atoms with E-state index in [1.54, 1.807) is 11.8 Å². The van der Waals surface area contributed by atoms with Crippen molar-refractivity contribution >= 4 is 22.7 Å². The van der Waals surface area contributed by atoms with E-state index in [2.05, 4.69) is 22.4 Å². The van der Waals surface area contributed by atoms with Gasteiger partial charge in [0.15, 0.2) is 5.16 Å². The summed E-state index contributed by atoms with van der Waals surface area (Å²) >= 11 is 1.72. The highest BCUT2D eigenvalue weighted by Crippen LogP contribution is 2.27. The van der Waals surface area contributed by atoms with Crippen molar-refractivity contribution in [1.82, 2.24) is 14.9 Å². The molecule has 1 aromatic carbocycles. The molecule has 0 radical (unpaired) electrons. The summed E-state index contributed by atoms with van der Waals surface area (Å²) in [6, 6.07) is 10.4. The Labute approximate surface area is 122 Å². The van der Waals surface area contributed by atoms with Crippen LogP contribution in [0.5, 0.6) is 0 Å². The Hall–Kier alpha value is -1.72. The Morgan fingerprint density at radius 3 is 2.95 bits per heavy atom. The molecular weight excluding hydrogens is 270 g/mol. The third-order valence-electron chi connectivity index (χ3n) is 3.29. The van der Waals surface area contributed by atoms with Crippen LogP contribution in [-0.4, -0.2) is 22.4 Å². The Morgan fingerprint density at radius 2 is 2.25 bits per heavy atom. The first-order valence-electron chi connectivity index (χ1n) is 6.54. The van der Waals surface area contributed by atoms with E-state index in [1.807, 2.05) is 49.3 Å². The number of para-hydroxylation sites is 1. The van der Waals surface area contributed by atoms with Crippen LogP contribution in [-0.2, 0) is 7.05 Å². The number of furan rings is 1. The third-order valence-corrected chi connectivity index (χ3v) is 4.44. The number of fused-ring (bicyclic) bond motifs is 1. The molecule has 0 aliphatic carbocycles. The lowest BCUT2D eigenvalue weighted by atomic mass is 10.2. The molecule has 0 saturated carbocycles. The summed E-state index contributed by atoms with van der Waals surface area (Å²) in [5.41, 5.74) is 0.935. The van der Waals surface area contributed by atoms with Crippen molar-refractivity contribution in [3.63, 3.8) is 0 Å². The van der Waals surface area contributed by atoms with Crippen LogP contribution < -0.4 is 5.32 Å². The Kier molecular flexibility index (Phi) is 3.80. The number of hydrogen-bond acceptors (Lipinski definition) is 4. The first-order chi connectivity index (χ1) is 9.78. The summed E-state index contributed by atoms with van der Waals surface area (Å²) < 4.78 is 7.94. The molecule has 1 unspecified atom stereocenters. The molecule has 3 rings (SSSR count). The minimum Gasteiger partial charge on any atom is -0.459 e. The summed E-state index contributed by atoms with van der Waals surface area (Å²) in [6.07, 6.45) is 3.77. The number of aryl methyl sites for hydroxylation is 1. The van der Waals surface area contributed by atoms with Crippen LogP contribution in [0.25, 0.3) is 11.0 Å². The molecule has 0 amide bonds. The number of hydrogen-bond donors (Lipinski definition) is 1. The van der Waals surface area contributed by atoms with E-state index < -0.39 is 0 Å². The molecule has 2 heterocycles. The fourth-order valence-electron chi connectivity index (χ4n) is 2.13. The van der Waals surface area contributed by atoms with Crippen LogP contribution in [0.2, 0.25) is 0 Å². The second kappa shape index (κ2) is 5.73. The highest BCUT2D eigenvalue weighted by atomic mass is 32.2. The van der Waals surface area contributed by atoms with Crippen LogP contribution in [0, 0.1) is 0 Å². The van der Waals surface area contributed by atoms with Gasteiger partial charge in [0.2, 0.25) is 0 Å². The summed E-state index contributed by atoms with van der Waals surface area (Å²) in [5, 5.41) is 5.47. The molecule has 20 heavy (non-hydrogen) atoms. The third kappa shape index (κ3) is 2.59. The van der Waals surface area contributed by atoms with Gasteiger partial charge in [-0.2, -0.15) is 0 Å². The predicted molar refractivity (Wildman–Crippen MR) is 81.9 cm³/mol. The normalized spacial score (nSPS) is 12.9. The SMILES string of the molecule is CNC(CSc1nccn1C)c1cc2ccccc2o1. The first kappa shape index (κ1) is 13.3.